The molecule has 0 atom stereocenters. The first-order valence-electron chi connectivity index (χ1n) is 6.60. The Labute approximate surface area is 113 Å². The van der Waals surface area contributed by atoms with Crippen LogP contribution in [-0.2, 0) is 6.54 Å². The smallest absolute Gasteiger partial charge is 0.119 e. The van der Waals surface area contributed by atoms with Gasteiger partial charge in [-0.2, -0.15) is 5.10 Å². The van der Waals surface area contributed by atoms with Gasteiger partial charge in [0, 0.05) is 25.8 Å². The van der Waals surface area contributed by atoms with Gasteiger partial charge in [0.15, 0.2) is 0 Å². The minimum atomic E-state index is 0.527. The third kappa shape index (κ3) is 2.63. The van der Waals surface area contributed by atoms with Crippen molar-refractivity contribution in [3.8, 4) is 5.75 Å². The summed E-state index contributed by atoms with van der Waals surface area (Å²) in [7, 11) is 1.71. The molecule has 1 aliphatic rings. The largest absolute Gasteiger partial charge is 0.497 e. The monoisotopic (exact) mass is 257 g/mol. The molecule has 100 valence electrons. The zero-order valence-corrected chi connectivity index (χ0v) is 11.4. The summed E-state index contributed by atoms with van der Waals surface area (Å²) in [6, 6.07) is 8.80. The molecule has 0 unspecified atom stereocenters. The van der Waals surface area contributed by atoms with E-state index in [1.54, 1.807) is 7.11 Å². The number of ether oxygens (including phenoxy) is 1. The van der Waals surface area contributed by atoms with Crippen LogP contribution in [0, 0.1) is 6.92 Å². The third-order valence-corrected chi connectivity index (χ3v) is 3.58. The summed E-state index contributed by atoms with van der Waals surface area (Å²) in [5.41, 5.74) is 2.53. The standard InChI is InChI=1S/C15H19N3O/c1-12-7-16-18(8-12)14-10-17(11-14)9-13-4-3-5-15(6-13)19-2/h3-8,14H,9-11H2,1-2H3. The van der Waals surface area contributed by atoms with Gasteiger partial charge in [0.25, 0.3) is 0 Å². The summed E-state index contributed by atoms with van der Waals surface area (Å²) in [6.07, 6.45) is 4.04. The maximum Gasteiger partial charge on any atom is 0.119 e. The minimum Gasteiger partial charge on any atom is -0.497 e. The summed E-state index contributed by atoms with van der Waals surface area (Å²) >= 11 is 0. The molecule has 3 rings (SSSR count). The Morgan fingerprint density at radius 3 is 2.89 bits per heavy atom. The third-order valence-electron chi connectivity index (χ3n) is 3.58. The van der Waals surface area contributed by atoms with Crippen molar-refractivity contribution in [1.29, 1.82) is 0 Å². The molecule has 2 heterocycles. The van der Waals surface area contributed by atoms with E-state index in [0.29, 0.717) is 6.04 Å². The lowest BCUT2D eigenvalue weighted by atomic mass is 10.1. The number of aromatic nitrogens is 2. The van der Waals surface area contributed by atoms with Crippen molar-refractivity contribution in [3.05, 3.63) is 47.8 Å². The molecule has 1 aromatic heterocycles. The van der Waals surface area contributed by atoms with E-state index in [1.165, 1.54) is 11.1 Å². The van der Waals surface area contributed by atoms with Crippen LogP contribution < -0.4 is 4.74 Å². The molecule has 0 saturated carbocycles. The van der Waals surface area contributed by atoms with Gasteiger partial charge in [0.2, 0.25) is 0 Å². The van der Waals surface area contributed by atoms with Gasteiger partial charge in [-0.3, -0.25) is 9.58 Å². The molecular weight excluding hydrogens is 238 g/mol. The highest BCUT2D eigenvalue weighted by molar-refractivity contribution is 5.28. The van der Waals surface area contributed by atoms with E-state index in [4.69, 9.17) is 4.74 Å². The average molecular weight is 257 g/mol. The van der Waals surface area contributed by atoms with E-state index in [9.17, 15) is 0 Å². The molecule has 0 spiro atoms. The zero-order chi connectivity index (χ0) is 13.2. The van der Waals surface area contributed by atoms with E-state index in [2.05, 4.69) is 39.9 Å². The van der Waals surface area contributed by atoms with Crippen molar-refractivity contribution in [2.24, 2.45) is 0 Å². The molecule has 19 heavy (non-hydrogen) atoms. The normalized spacial score (nSPS) is 16.3. The number of hydrogen-bond acceptors (Lipinski definition) is 3. The van der Waals surface area contributed by atoms with Crippen LogP contribution in [0.5, 0.6) is 5.75 Å². The number of hydrogen-bond donors (Lipinski definition) is 0. The topological polar surface area (TPSA) is 30.3 Å². The Hall–Kier alpha value is -1.81. The summed E-state index contributed by atoms with van der Waals surface area (Å²) in [6.45, 7) is 5.20. The predicted octanol–water partition coefficient (Wildman–Crippen LogP) is 2.26. The first-order chi connectivity index (χ1) is 9.24. The van der Waals surface area contributed by atoms with Gasteiger partial charge in [-0.05, 0) is 30.2 Å². The Kier molecular flexibility index (Phi) is 3.25. The fraction of sp³-hybridized carbons (Fsp3) is 0.400. The highest BCUT2D eigenvalue weighted by atomic mass is 16.5. The number of nitrogens with zero attached hydrogens (tertiary/aromatic N) is 3. The van der Waals surface area contributed by atoms with Crippen molar-refractivity contribution < 1.29 is 4.74 Å². The van der Waals surface area contributed by atoms with Crippen LogP contribution in [-0.4, -0.2) is 34.9 Å². The van der Waals surface area contributed by atoms with Gasteiger partial charge in [-0.15, -0.1) is 0 Å². The van der Waals surface area contributed by atoms with Crippen molar-refractivity contribution >= 4 is 0 Å². The van der Waals surface area contributed by atoms with E-state index >= 15 is 0 Å². The van der Waals surface area contributed by atoms with Gasteiger partial charge < -0.3 is 4.74 Å². The molecule has 4 heteroatoms. The van der Waals surface area contributed by atoms with Gasteiger partial charge in [0.1, 0.15) is 5.75 Å². The van der Waals surface area contributed by atoms with Crippen LogP contribution in [0.15, 0.2) is 36.7 Å². The lowest BCUT2D eigenvalue weighted by Crippen LogP contribution is -2.47. The van der Waals surface area contributed by atoms with Crippen molar-refractivity contribution in [1.82, 2.24) is 14.7 Å². The Morgan fingerprint density at radius 2 is 2.21 bits per heavy atom. The van der Waals surface area contributed by atoms with Crippen LogP contribution in [0.2, 0.25) is 0 Å². The number of rotatable bonds is 4. The van der Waals surface area contributed by atoms with Crippen molar-refractivity contribution in [2.45, 2.75) is 19.5 Å². The fourth-order valence-electron chi connectivity index (χ4n) is 2.50. The van der Waals surface area contributed by atoms with E-state index in [-0.39, 0.29) is 0 Å². The Bertz CT molecular complexity index is 558. The molecule has 1 aromatic carbocycles. The highest BCUT2D eigenvalue weighted by Gasteiger charge is 2.28. The molecule has 4 nitrogen and oxygen atoms in total. The molecule has 0 N–H and O–H groups in total. The first kappa shape index (κ1) is 12.2. The van der Waals surface area contributed by atoms with Gasteiger partial charge >= 0.3 is 0 Å². The van der Waals surface area contributed by atoms with Crippen molar-refractivity contribution in [3.63, 3.8) is 0 Å². The number of aryl methyl sites for hydroxylation is 1. The summed E-state index contributed by atoms with van der Waals surface area (Å²) in [5, 5.41) is 4.38. The van der Waals surface area contributed by atoms with Crippen LogP contribution in [0.25, 0.3) is 0 Å². The number of likely N-dealkylation sites (tertiary alicyclic amines) is 1. The average Bonchev–Trinajstić information content (AvgIpc) is 2.80. The fourth-order valence-corrected chi connectivity index (χ4v) is 2.50. The summed E-state index contributed by atoms with van der Waals surface area (Å²) < 4.78 is 7.33. The van der Waals surface area contributed by atoms with Crippen LogP contribution in [0.3, 0.4) is 0 Å². The van der Waals surface area contributed by atoms with E-state index < -0.39 is 0 Å². The second kappa shape index (κ2) is 5.05. The van der Waals surface area contributed by atoms with Gasteiger partial charge in [-0.1, -0.05) is 12.1 Å². The second-order valence-electron chi connectivity index (χ2n) is 5.20. The molecule has 1 saturated heterocycles. The molecule has 0 bridgehead atoms. The lowest BCUT2D eigenvalue weighted by Gasteiger charge is -2.39. The quantitative estimate of drug-likeness (QED) is 0.841. The molecule has 2 aromatic rings. The van der Waals surface area contributed by atoms with Crippen molar-refractivity contribution in [2.75, 3.05) is 20.2 Å². The molecule has 0 amide bonds. The Morgan fingerprint density at radius 1 is 1.37 bits per heavy atom. The Balaban J connectivity index is 1.56. The zero-order valence-electron chi connectivity index (χ0n) is 11.4. The van der Waals surface area contributed by atoms with Crippen LogP contribution >= 0.6 is 0 Å². The second-order valence-corrected chi connectivity index (χ2v) is 5.20. The molecule has 1 aliphatic heterocycles. The molecular formula is C15H19N3O. The van der Waals surface area contributed by atoms with Crippen LogP contribution in [0.4, 0.5) is 0 Å². The highest BCUT2D eigenvalue weighted by Crippen LogP contribution is 2.24. The number of methoxy groups -OCH3 is 1. The summed E-state index contributed by atoms with van der Waals surface area (Å²) in [5.74, 6) is 0.928. The SMILES string of the molecule is COc1cccc(CN2CC(n3cc(C)cn3)C2)c1. The maximum atomic E-state index is 5.25. The van der Waals surface area contributed by atoms with E-state index in [1.807, 2.05) is 18.3 Å². The molecule has 0 radical (unpaired) electrons. The molecule has 1 fully saturated rings. The van der Waals surface area contributed by atoms with Crippen LogP contribution in [0.1, 0.15) is 17.2 Å². The van der Waals surface area contributed by atoms with E-state index in [0.717, 1.165) is 25.4 Å². The predicted molar refractivity (Wildman–Crippen MR) is 74.3 cm³/mol. The number of benzene rings is 1. The first-order valence-corrected chi connectivity index (χ1v) is 6.60. The lowest BCUT2D eigenvalue weighted by molar-refractivity contribution is 0.0908. The van der Waals surface area contributed by atoms with Gasteiger partial charge in [-0.25, -0.2) is 0 Å². The summed E-state index contributed by atoms with van der Waals surface area (Å²) in [4.78, 5) is 2.43. The maximum absolute atomic E-state index is 5.25. The van der Waals surface area contributed by atoms with Gasteiger partial charge in [0.05, 0.1) is 19.3 Å². The minimum absolute atomic E-state index is 0.527. The molecule has 0 aliphatic carbocycles.